The van der Waals surface area contributed by atoms with Crippen LogP contribution in [0.5, 0.6) is 0 Å². The van der Waals surface area contributed by atoms with E-state index in [-0.39, 0.29) is 5.91 Å². The minimum atomic E-state index is -0.202. The van der Waals surface area contributed by atoms with Gasteiger partial charge in [0.15, 0.2) is 11.6 Å². The van der Waals surface area contributed by atoms with Crippen molar-refractivity contribution in [2.75, 3.05) is 10.6 Å². The molecule has 1 amide bonds. The quantitative estimate of drug-likeness (QED) is 0.330. The highest BCUT2D eigenvalue weighted by Crippen LogP contribution is 2.25. The maximum Gasteiger partial charge on any atom is 0.255 e. The average molecular weight is 474 g/mol. The molecule has 0 bridgehead atoms. The minimum Gasteiger partial charge on any atom is -0.324 e. The topological polar surface area (TPSA) is 106 Å². The first-order chi connectivity index (χ1) is 17.5. The van der Waals surface area contributed by atoms with Gasteiger partial charge in [0.1, 0.15) is 0 Å². The highest BCUT2D eigenvalue weighted by molar-refractivity contribution is 6.05. The Morgan fingerprint density at radius 2 is 1.44 bits per heavy atom. The Morgan fingerprint density at radius 1 is 0.750 bits per heavy atom. The number of nitrogens with zero attached hydrogens (tertiary/aromatic N) is 5. The minimum absolute atomic E-state index is 0.202. The van der Waals surface area contributed by atoms with Crippen molar-refractivity contribution < 1.29 is 4.79 Å². The Bertz CT molecular complexity index is 1460. The van der Waals surface area contributed by atoms with Crippen LogP contribution in [0.3, 0.4) is 0 Å². The van der Waals surface area contributed by atoms with E-state index >= 15 is 0 Å². The molecule has 36 heavy (non-hydrogen) atoms. The zero-order chi connectivity index (χ0) is 24.9. The number of hydrogen-bond donors (Lipinski definition) is 2. The summed E-state index contributed by atoms with van der Waals surface area (Å²) in [7, 11) is 0. The molecule has 2 N–H and O–H groups in total. The molecule has 8 heteroatoms. The van der Waals surface area contributed by atoms with Gasteiger partial charge in [-0.05, 0) is 73.5 Å². The number of carbonyl (C=O) groups excluding carboxylic acids is 1. The summed E-state index contributed by atoms with van der Waals surface area (Å²) < 4.78 is 0. The molecule has 0 fully saturated rings. The lowest BCUT2D eigenvalue weighted by atomic mass is 10.1. The second-order valence-corrected chi connectivity index (χ2v) is 8.27. The lowest BCUT2D eigenvalue weighted by molar-refractivity contribution is 0.102. The number of aromatic nitrogens is 5. The maximum absolute atomic E-state index is 12.9. The van der Waals surface area contributed by atoms with Crippen LogP contribution < -0.4 is 10.6 Å². The van der Waals surface area contributed by atoms with Gasteiger partial charge in [0.2, 0.25) is 5.95 Å². The Labute approximate surface area is 208 Å². The van der Waals surface area contributed by atoms with Crippen molar-refractivity contribution in [1.29, 1.82) is 0 Å². The first kappa shape index (κ1) is 22.8. The molecule has 3 aromatic heterocycles. The van der Waals surface area contributed by atoms with Gasteiger partial charge < -0.3 is 10.6 Å². The molecule has 0 saturated carbocycles. The molecule has 0 radical (unpaired) electrons. The number of anilines is 3. The third-order valence-electron chi connectivity index (χ3n) is 5.50. The number of amides is 1. The van der Waals surface area contributed by atoms with Crippen LogP contribution in [-0.2, 0) is 0 Å². The van der Waals surface area contributed by atoms with Crippen molar-refractivity contribution in [2.24, 2.45) is 0 Å². The van der Waals surface area contributed by atoms with Gasteiger partial charge in [-0.3, -0.25) is 14.8 Å². The average Bonchev–Trinajstić information content (AvgIpc) is 2.91. The zero-order valence-electron chi connectivity index (χ0n) is 19.8. The van der Waals surface area contributed by atoms with Crippen molar-refractivity contribution in [3.63, 3.8) is 0 Å². The molecule has 0 atom stereocenters. The van der Waals surface area contributed by atoms with Gasteiger partial charge in [-0.2, -0.15) is 9.97 Å². The fraction of sp³-hybridized carbons (Fsp3) is 0.0714. The number of aryl methyl sites for hydroxylation is 2. The van der Waals surface area contributed by atoms with Gasteiger partial charge in [-0.25, -0.2) is 4.98 Å². The highest BCUT2D eigenvalue weighted by Gasteiger charge is 2.14. The van der Waals surface area contributed by atoms with Crippen LogP contribution in [0.25, 0.3) is 22.8 Å². The molecule has 0 aliphatic rings. The smallest absolute Gasteiger partial charge is 0.255 e. The summed E-state index contributed by atoms with van der Waals surface area (Å²) in [6.07, 6.45) is 6.80. The molecule has 176 valence electrons. The number of rotatable bonds is 6. The summed E-state index contributed by atoms with van der Waals surface area (Å²) in [5.74, 6) is 1.10. The van der Waals surface area contributed by atoms with Crippen molar-refractivity contribution in [3.05, 3.63) is 108 Å². The van der Waals surface area contributed by atoms with E-state index in [9.17, 15) is 4.79 Å². The molecule has 0 spiro atoms. The third kappa shape index (κ3) is 5.23. The van der Waals surface area contributed by atoms with Gasteiger partial charge in [0.25, 0.3) is 5.91 Å². The summed E-state index contributed by atoms with van der Waals surface area (Å²) in [5.41, 5.74) is 5.50. The number of pyridine rings is 2. The predicted molar refractivity (Wildman–Crippen MR) is 140 cm³/mol. The van der Waals surface area contributed by atoms with Crippen LogP contribution in [0.15, 0.2) is 91.5 Å². The summed E-state index contributed by atoms with van der Waals surface area (Å²) in [5, 5.41) is 6.23. The number of nitrogens with one attached hydrogen (secondary N) is 2. The van der Waals surface area contributed by atoms with E-state index in [1.54, 1.807) is 36.9 Å². The van der Waals surface area contributed by atoms with Crippen LogP contribution in [0.1, 0.15) is 21.5 Å². The lowest BCUT2D eigenvalue weighted by Crippen LogP contribution is -2.12. The second kappa shape index (κ2) is 10.1. The Kier molecular flexibility index (Phi) is 6.40. The number of hydrogen-bond acceptors (Lipinski definition) is 7. The first-order valence-corrected chi connectivity index (χ1v) is 11.4. The second-order valence-electron chi connectivity index (χ2n) is 8.27. The maximum atomic E-state index is 12.9. The molecule has 0 unspecified atom stereocenters. The van der Waals surface area contributed by atoms with E-state index < -0.39 is 0 Å². The fourth-order valence-electron chi connectivity index (χ4n) is 3.62. The van der Waals surface area contributed by atoms with E-state index in [1.807, 2.05) is 68.4 Å². The summed E-state index contributed by atoms with van der Waals surface area (Å²) in [6, 6.07) is 20.6. The summed E-state index contributed by atoms with van der Waals surface area (Å²) >= 11 is 0. The molecular formula is C28H23N7O. The van der Waals surface area contributed by atoms with Gasteiger partial charge in [-0.1, -0.05) is 18.2 Å². The Morgan fingerprint density at radius 3 is 2.06 bits per heavy atom. The molecular weight excluding hydrogens is 450 g/mol. The molecule has 0 saturated heterocycles. The van der Waals surface area contributed by atoms with E-state index in [2.05, 4.69) is 35.6 Å². The van der Waals surface area contributed by atoms with Crippen LogP contribution in [0.4, 0.5) is 17.3 Å². The molecule has 3 heterocycles. The van der Waals surface area contributed by atoms with Crippen molar-refractivity contribution in [1.82, 2.24) is 24.9 Å². The van der Waals surface area contributed by atoms with Crippen molar-refractivity contribution in [2.45, 2.75) is 13.8 Å². The summed E-state index contributed by atoms with van der Waals surface area (Å²) in [4.78, 5) is 35.2. The van der Waals surface area contributed by atoms with Crippen LogP contribution in [-0.4, -0.2) is 30.8 Å². The molecule has 0 aliphatic heterocycles. The summed E-state index contributed by atoms with van der Waals surface area (Å²) in [6.45, 7) is 3.94. The molecule has 5 aromatic rings. The fourth-order valence-corrected chi connectivity index (χ4v) is 3.62. The normalized spacial score (nSPS) is 10.6. The zero-order valence-corrected chi connectivity index (χ0v) is 19.8. The van der Waals surface area contributed by atoms with E-state index in [4.69, 9.17) is 0 Å². The Balaban J connectivity index is 1.48. The molecule has 8 nitrogen and oxygen atoms in total. The largest absolute Gasteiger partial charge is 0.324 e. The van der Waals surface area contributed by atoms with Crippen LogP contribution in [0.2, 0.25) is 0 Å². The molecule has 5 rings (SSSR count). The number of benzene rings is 2. The van der Waals surface area contributed by atoms with Gasteiger partial charge in [-0.15, -0.1) is 0 Å². The lowest BCUT2D eigenvalue weighted by Gasteiger charge is -2.13. The van der Waals surface area contributed by atoms with Crippen molar-refractivity contribution >= 4 is 23.2 Å². The van der Waals surface area contributed by atoms with E-state index in [1.165, 1.54) is 0 Å². The highest BCUT2D eigenvalue weighted by atomic mass is 16.1. The third-order valence-corrected chi connectivity index (χ3v) is 5.50. The number of carbonyl (C=O) groups is 1. The van der Waals surface area contributed by atoms with Gasteiger partial charge in [0, 0.05) is 52.9 Å². The predicted octanol–water partition coefficient (Wildman–Crippen LogP) is 5.61. The van der Waals surface area contributed by atoms with E-state index in [0.29, 0.717) is 28.8 Å². The van der Waals surface area contributed by atoms with Gasteiger partial charge >= 0.3 is 0 Å². The molecule has 0 aliphatic carbocycles. The first-order valence-electron chi connectivity index (χ1n) is 11.4. The Hall–Kier alpha value is -4.98. The SMILES string of the molecule is Cc1cccc(NC(=O)c2ccc(C)c(Nc3nc(-c4cccnc4)nc(-c4cccnc4)n3)c2)c1. The van der Waals surface area contributed by atoms with E-state index in [0.717, 1.165) is 27.9 Å². The monoisotopic (exact) mass is 473 g/mol. The standard InChI is InChI=1S/C28H23N7O/c1-18-6-3-9-23(14-18)31-27(36)20-11-10-19(2)24(15-20)32-28-34-25(21-7-4-12-29-16-21)33-26(35-28)22-8-5-13-30-17-22/h3-17H,1-2H3,(H,31,36)(H,32,33,34,35). The molecule has 2 aromatic carbocycles. The van der Waals surface area contributed by atoms with Crippen molar-refractivity contribution in [3.8, 4) is 22.8 Å². The van der Waals surface area contributed by atoms with Crippen LogP contribution in [0, 0.1) is 13.8 Å². The van der Waals surface area contributed by atoms with Crippen LogP contribution >= 0.6 is 0 Å². The van der Waals surface area contributed by atoms with Gasteiger partial charge in [0.05, 0.1) is 0 Å².